The lowest BCUT2D eigenvalue weighted by Crippen LogP contribution is -2.35. The molecule has 154 valence electrons. The van der Waals surface area contributed by atoms with Gasteiger partial charge in [-0.05, 0) is 39.5 Å². The first-order valence-electron chi connectivity index (χ1n) is 10.4. The van der Waals surface area contributed by atoms with Crippen molar-refractivity contribution < 1.29 is 14.3 Å². The fourth-order valence-corrected chi connectivity index (χ4v) is 2.85. The van der Waals surface area contributed by atoms with Crippen molar-refractivity contribution in [3.8, 4) is 0 Å². The molecule has 1 fully saturated rings. The molecule has 2 amide bonds. The summed E-state index contributed by atoms with van der Waals surface area (Å²) < 4.78 is 5.26. The van der Waals surface area contributed by atoms with E-state index in [1.807, 2.05) is 20.8 Å². The molecule has 0 aromatic carbocycles. The molecule has 0 spiro atoms. The number of hydrogen-bond donors (Lipinski definition) is 1. The van der Waals surface area contributed by atoms with Gasteiger partial charge >= 0.3 is 6.09 Å². The van der Waals surface area contributed by atoms with Gasteiger partial charge in [-0.25, -0.2) is 4.79 Å². The Labute approximate surface area is 161 Å². The van der Waals surface area contributed by atoms with E-state index in [-0.39, 0.29) is 11.7 Å². The second kappa shape index (κ2) is 14.9. The third kappa shape index (κ3) is 15.0. The van der Waals surface area contributed by atoms with E-state index in [1.165, 1.54) is 44.9 Å². The van der Waals surface area contributed by atoms with E-state index in [1.54, 1.807) is 4.90 Å². The summed E-state index contributed by atoms with van der Waals surface area (Å²) in [5.41, 5.74) is -0.372. The van der Waals surface area contributed by atoms with E-state index in [0.29, 0.717) is 5.92 Å². The lowest BCUT2D eigenvalue weighted by Gasteiger charge is -2.24. The van der Waals surface area contributed by atoms with Crippen molar-refractivity contribution in [1.82, 2.24) is 10.2 Å². The molecule has 0 aromatic rings. The van der Waals surface area contributed by atoms with Gasteiger partial charge in [0.1, 0.15) is 5.60 Å². The monoisotopic (exact) mass is 370 g/mol. The van der Waals surface area contributed by atoms with Crippen molar-refractivity contribution in [2.75, 3.05) is 19.6 Å². The van der Waals surface area contributed by atoms with Crippen molar-refractivity contribution in [3.63, 3.8) is 0 Å². The first-order chi connectivity index (χ1) is 12.3. The van der Waals surface area contributed by atoms with Gasteiger partial charge in [0.05, 0.1) is 0 Å². The second-order valence-corrected chi connectivity index (χ2v) is 8.37. The van der Waals surface area contributed by atoms with Gasteiger partial charge in [0.25, 0.3) is 0 Å². The van der Waals surface area contributed by atoms with Crippen LogP contribution in [0.25, 0.3) is 0 Å². The topological polar surface area (TPSA) is 58.6 Å². The molecule has 0 saturated carbocycles. The van der Waals surface area contributed by atoms with Crippen molar-refractivity contribution in [1.29, 1.82) is 0 Å². The first kappa shape index (κ1) is 24.7. The number of rotatable bonds is 10. The Morgan fingerprint density at radius 2 is 1.69 bits per heavy atom. The maximum atomic E-state index is 11.5. The number of carbonyl (C=O) groups is 2. The molecule has 0 aromatic heterocycles. The molecule has 1 aliphatic heterocycles. The van der Waals surface area contributed by atoms with E-state index in [9.17, 15) is 9.59 Å². The standard InChI is InChI=1S/C11H23NO.C10H19NO2/c1-2-3-4-5-6-7-8-9-10-12-11-13;1-8-5-6-11(7-8)9(12)13-10(2,3)4/h11H,2-10H2,1H3,(H,12,13);8H,5-7H2,1-4H3. The molecule has 1 rings (SSSR count). The van der Waals surface area contributed by atoms with Gasteiger partial charge in [-0.3, -0.25) is 4.79 Å². The molecule has 5 heteroatoms. The minimum absolute atomic E-state index is 0.170. The largest absolute Gasteiger partial charge is 0.444 e. The molecule has 1 aliphatic rings. The first-order valence-corrected chi connectivity index (χ1v) is 10.4. The number of carbonyl (C=O) groups excluding carboxylic acids is 2. The molecule has 5 nitrogen and oxygen atoms in total. The molecule has 1 heterocycles. The molecule has 1 N–H and O–H groups in total. The zero-order valence-electron chi connectivity index (χ0n) is 17.8. The van der Waals surface area contributed by atoms with Gasteiger partial charge in [0.15, 0.2) is 0 Å². The van der Waals surface area contributed by atoms with Crippen LogP contribution in [0.5, 0.6) is 0 Å². The molecular formula is C21H42N2O3. The summed E-state index contributed by atoms with van der Waals surface area (Å²) >= 11 is 0. The number of nitrogens with zero attached hydrogens (tertiary/aromatic N) is 1. The summed E-state index contributed by atoms with van der Waals surface area (Å²) in [6, 6.07) is 0. The zero-order chi connectivity index (χ0) is 19.8. The highest BCUT2D eigenvalue weighted by Crippen LogP contribution is 2.18. The maximum absolute atomic E-state index is 11.5. The summed E-state index contributed by atoms with van der Waals surface area (Å²) in [4.78, 5) is 23.2. The van der Waals surface area contributed by atoms with Crippen LogP contribution >= 0.6 is 0 Å². The summed E-state index contributed by atoms with van der Waals surface area (Å²) in [6.07, 6.45) is 12.3. The van der Waals surface area contributed by atoms with Crippen molar-refractivity contribution in [2.24, 2.45) is 5.92 Å². The minimum atomic E-state index is -0.372. The van der Waals surface area contributed by atoms with Crippen LogP contribution in [0.15, 0.2) is 0 Å². The number of nitrogens with one attached hydrogen (secondary N) is 1. The van der Waals surface area contributed by atoms with Crippen LogP contribution in [0.1, 0.15) is 92.4 Å². The Balaban J connectivity index is 0.000000481. The third-order valence-corrected chi connectivity index (χ3v) is 4.33. The maximum Gasteiger partial charge on any atom is 0.410 e. The van der Waals surface area contributed by atoms with E-state index >= 15 is 0 Å². The van der Waals surface area contributed by atoms with Gasteiger partial charge < -0.3 is 15.0 Å². The van der Waals surface area contributed by atoms with Crippen molar-refractivity contribution in [3.05, 3.63) is 0 Å². The van der Waals surface area contributed by atoms with E-state index in [4.69, 9.17) is 4.74 Å². The van der Waals surface area contributed by atoms with Gasteiger partial charge in [0, 0.05) is 19.6 Å². The molecule has 0 aliphatic carbocycles. The smallest absolute Gasteiger partial charge is 0.410 e. The second-order valence-electron chi connectivity index (χ2n) is 8.37. The molecule has 26 heavy (non-hydrogen) atoms. The lowest BCUT2D eigenvalue weighted by molar-refractivity contribution is -0.109. The summed E-state index contributed by atoms with van der Waals surface area (Å²) in [5, 5.41) is 2.68. The molecule has 1 saturated heterocycles. The Morgan fingerprint density at radius 1 is 1.12 bits per heavy atom. The van der Waals surface area contributed by atoms with E-state index in [2.05, 4.69) is 19.2 Å². The quantitative estimate of drug-likeness (QED) is 0.428. The molecule has 0 bridgehead atoms. The van der Waals surface area contributed by atoms with E-state index < -0.39 is 0 Å². The summed E-state index contributed by atoms with van der Waals surface area (Å²) in [6.45, 7) is 12.6. The lowest BCUT2D eigenvalue weighted by atomic mass is 10.1. The van der Waals surface area contributed by atoms with Crippen LogP contribution in [0.4, 0.5) is 4.79 Å². The van der Waals surface area contributed by atoms with Crippen LogP contribution in [-0.2, 0) is 9.53 Å². The van der Waals surface area contributed by atoms with E-state index in [0.717, 1.165) is 38.9 Å². The number of unbranched alkanes of at least 4 members (excludes halogenated alkanes) is 7. The highest BCUT2D eigenvalue weighted by molar-refractivity contribution is 5.68. The molecule has 1 atom stereocenters. The van der Waals surface area contributed by atoms with Gasteiger partial charge in [-0.1, -0.05) is 58.8 Å². The highest BCUT2D eigenvalue weighted by atomic mass is 16.6. The molecule has 1 unspecified atom stereocenters. The fraction of sp³-hybridized carbons (Fsp3) is 0.905. The summed E-state index contributed by atoms with van der Waals surface area (Å²) in [7, 11) is 0. The Bertz CT molecular complexity index is 367. The van der Waals surface area contributed by atoms with Crippen LogP contribution < -0.4 is 5.32 Å². The minimum Gasteiger partial charge on any atom is -0.444 e. The summed E-state index contributed by atoms with van der Waals surface area (Å²) in [5.74, 6) is 0.618. The van der Waals surface area contributed by atoms with Gasteiger partial charge in [-0.2, -0.15) is 0 Å². The number of likely N-dealkylation sites (tertiary alicyclic amines) is 1. The average Bonchev–Trinajstić information content (AvgIpc) is 2.99. The number of ether oxygens (including phenoxy) is 1. The predicted molar refractivity (Wildman–Crippen MR) is 108 cm³/mol. The van der Waals surface area contributed by atoms with Crippen molar-refractivity contribution in [2.45, 2.75) is 98.0 Å². The number of amides is 2. The third-order valence-electron chi connectivity index (χ3n) is 4.33. The average molecular weight is 371 g/mol. The van der Waals surface area contributed by atoms with Crippen molar-refractivity contribution >= 4 is 12.5 Å². The normalized spacial score (nSPS) is 16.7. The SMILES string of the molecule is CC1CCN(C(=O)OC(C)(C)C)C1.CCCCCCCCCCNC=O. The number of hydrogen-bond acceptors (Lipinski definition) is 3. The Hall–Kier alpha value is -1.26. The predicted octanol–water partition coefficient (Wildman–Crippen LogP) is 5.14. The van der Waals surface area contributed by atoms with Gasteiger partial charge in [-0.15, -0.1) is 0 Å². The van der Waals surface area contributed by atoms with Gasteiger partial charge in [0.2, 0.25) is 6.41 Å². The fourth-order valence-electron chi connectivity index (χ4n) is 2.85. The zero-order valence-corrected chi connectivity index (χ0v) is 17.8. The van der Waals surface area contributed by atoms with Crippen LogP contribution in [0.3, 0.4) is 0 Å². The van der Waals surface area contributed by atoms with Crippen LogP contribution in [-0.4, -0.2) is 42.6 Å². The Kier molecular flexibility index (Phi) is 14.1. The van der Waals surface area contributed by atoms with Crippen LogP contribution in [0.2, 0.25) is 0 Å². The molecule has 0 radical (unpaired) electrons. The van der Waals surface area contributed by atoms with Crippen LogP contribution in [0, 0.1) is 5.92 Å². The highest BCUT2D eigenvalue weighted by Gasteiger charge is 2.27. The molecular weight excluding hydrogens is 328 g/mol. The Morgan fingerprint density at radius 3 is 2.15 bits per heavy atom.